The number of nitrogens with one attached hydrogen (secondary N) is 2. The minimum absolute atomic E-state index is 0.0563. The molecule has 0 unspecified atom stereocenters. The first-order valence-corrected chi connectivity index (χ1v) is 9.29. The Hall–Kier alpha value is -1.27. The van der Waals surface area contributed by atoms with Crippen molar-refractivity contribution in [3.05, 3.63) is 34.9 Å². The first-order chi connectivity index (χ1) is 9.90. The van der Waals surface area contributed by atoms with Gasteiger partial charge in [-0.05, 0) is 31.0 Å². The molecule has 0 aliphatic carbocycles. The monoisotopic (exact) mass is 331 g/mol. The second kappa shape index (κ2) is 8.89. The summed E-state index contributed by atoms with van der Waals surface area (Å²) in [5.41, 5.74) is 1.18. The zero-order valence-electron chi connectivity index (χ0n) is 12.4. The highest BCUT2D eigenvalue weighted by Gasteiger charge is 2.02. The summed E-state index contributed by atoms with van der Waals surface area (Å²) in [6.45, 7) is 3.67. The van der Waals surface area contributed by atoms with Crippen molar-refractivity contribution in [1.82, 2.24) is 10.6 Å². The zero-order valence-corrected chi connectivity index (χ0v) is 14.0. The predicted molar refractivity (Wildman–Crippen MR) is 88.8 cm³/mol. The number of guanidine groups is 1. The molecule has 0 saturated heterocycles. The van der Waals surface area contributed by atoms with E-state index in [0.717, 1.165) is 18.0 Å². The molecule has 0 spiro atoms. The van der Waals surface area contributed by atoms with Crippen molar-refractivity contribution >= 4 is 27.4 Å². The average molecular weight is 332 g/mol. The molecule has 0 aromatic heterocycles. The number of nitrogens with zero attached hydrogens (tertiary/aromatic N) is 1. The Morgan fingerprint density at radius 2 is 1.90 bits per heavy atom. The standard InChI is InChI=1S/C14H22ClN3O2S/c1-3-16-14(18-10-11-21(2,19)20)17-9-8-12-4-6-13(15)7-5-12/h4-7H,3,8-11H2,1-2H3,(H2,16,17,18). The molecular weight excluding hydrogens is 310 g/mol. The number of rotatable bonds is 7. The maximum atomic E-state index is 11.1. The summed E-state index contributed by atoms with van der Waals surface area (Å²) in [5.74, 6) is 0.691. The smallest absolute Gasteiger partial charge is 0.191 e. The van der Waals surface area contributed by atoms with E-state index < -0.39 is 9.84 Å². The summed E-state index contributed by atoms with van der Waals surface area (Å²) in [6.07, 6.45) is 2.05. The van der Waals surface area contributed by atoms with Crippen LogP contribution in [0.15, 0.2) is 29.3 Å². The van der Waals surface area contributed by atoms with Gasteiger partial charge >= 0.3 is 0 Å². The lowest BCUT2D eigenvalue weighted by Crippen LogP contribution is -2.38. The van der Waals surface area contributed by atoms with E-state index in [2.05, 4.69) is 15.6 Å². The first kappa shape index (κ1) is 17.8. The Morgan fingerprint density at radius 1 is 1.24 bits per heavy atom. The fourth-order valence-corrected chi connectivity index (χ4v) is 2.19. The lowest BCUT2D eigenvalue weighted by atomic mass is 10.1. The lowest BCUT2D eigenvalue weighted by Gasteiger charge is -2.11. The van der Waals surface area contributed by atoms with Crippen LogP contribution in [0.4, 0.5) is 0 Å². The predicted octanol–water partition coefficient (Wildman–Crippen LogP) is 1.48. The van der Waals surface area contributed by atoms with Gasteiger partial charge in [0.25, 0.3) is 0 Å². The molecule has 1 rings (SSSR count). The number of halogens is 1. The summed E-state index contributed by atoms with van der Waals surface area (Å²) in [4.78, 5) is 4.24. The van der Waals surface area contributed by atoms with E-state index in [1.54, 1.807) is 0 Å². The van der Waals surface area contributed by atoms with E-state index in [4.69, 9.17) is 11.6 Å². The maximum absolute atomic E-state index is 11.1. The fourth-order valence-electron chi connectivity index (χ4n) is 1.64. The molecule has 0 fully saturated rings. The van der Waals surface area contributed by atoms with Gasteiger partial charge in [0.1, 0.15) is 9.84 Å². The van der Waals surface area contributed by atoms with Gasteiger partial charge < -0.3 is 10.6 Å². The van der Waals surface area contributed by atoms with Crippen molar-refractivity contribution in [2.24, 2.45) is 4.99 Å². The molecule has 118 valence electrons. The molecular formula is C14H22ClN3O2S. The number of hydrogen-bond donors (Lipinski definition) is 2. The SMILES string of the molecule is CCNC(=NCCS(C)(=O)=O)NCCc1ccc(Cl)cc1. The highest BCUT2D eigenvalue weighted by molar-refractivity contribution is 7.90. The number of benzene rings is 1. The van der Waals surface area contributed by atoms with Crippen LogP contribution in [-0.4, -0.2) is 46.0 Å². The molecule has 0 atom stereocenters. The molecule has 1 aromatic rings. The highest BCUT2D eigenvalue weighted by atomic mass is 35.5. The summed E-state index contributed by atoms with van der Waals surface area (Å²) in [6, 6.07) is 7.69. The van der Waals surface area contributed by atoms with Crippen LogP contribution in [0.25, 0.3) is 0 Å². The number of aliphatic imine (C=N–C) groups is 1. The Labute approximate surface area is 131 Å². The molecule has 0 aliphatic rings. The van der Waals surface area contributed by atoms with Crippen molar-refractivity contribution in [2.45, 2.75) is 13.3 Å². The van der Waals surface area contributed by atoms with Crippen LogP contribution in [-0.2, 0) is 16.3 Å². The van der Waals surface area contributed by atoms with Gasteiger partial charge in [-0.3, -0.25) is 4.99 Å². The van der Waals surface area contributed by atoms with E-state index in [-0.39, 0.29) is 12.3 Å². The first-order valence-electron chi connectivity index (χ1n) is 6.85. The van der Waals surface area contributed by atoms with Gasteiger partial charge in [-0.2, -0.15) is 0 Å². The van der Waals surface area contributed by atoms with Crippen molar-refractivity contribution in [3.8, 4) is 0 Å². The summed E-state index contributed by atoms with van der Waals surface area (Å²) in [5, 5.41) is 6.99. The molecule has 0 bridgehead atoms. The third-order valence-electron chi connectivity index (χ3n) is 2.70. The van der Waals surface area contributed by atoms with Gasteiger partial charge in [-0.25, -0.2) is 8.42 Å². The molecule has 1 aromatic carbocycles. The van der Waals surface area contributed by atoms with Crippen LogP contribution in [0, 0.1) is 0 Å². The Morgan fingerprint density at radius 3 is 2.48 bits per heavy atom. The van der Waals surface area contributed by atoms with Gasteiger partial charge in [0.05, 0.1) is 12.3 Å². The molecule has 0 heterocycles. The van der Waals surface area contributed by atoms with Crippen molar-refractivity contribution in [1.29, 1.82) is 0 Å². The molecule has 0 saturated carbocycles. The summed E-state index contributed by atoms with van der Waals surface area (Å²) >= 11 is 5.84. The largest absolute Gasteiger partial charge is 0.357 e. The maximum Gasteiger partial charge on any atom is 0.191 e. The molecule has 21 heavy (non-hydrogen) atoms. The fraction of sp³-hybridized carbons (Fsp3) is 0.500. The van der Waals surface area contributed by atoms with Gasteiger partial charge in [0.2, 0.25) is 0 Å². The Balaban J connectivity index is 2.43. The van der Waals surface area contributed by atoms with E-state index in [1.807, 2.05) is 31.2 Å². The molecule has 2 N–H and O–H groups in total. The van der Waals surface area contributed by atoms with E-state index in [1.165, 1.54) is 11.8 Å². The van der Waals surface area contributed by atoms with E-state index in [0.29, 0.717) is 12.5 Å². The summed E-state index contributed by atoms with van der Waals surface area (Å²) < 4.78 is 22.2. The molecule has 5 nitrogen and oxygen atoms in total. The molecule has 7 heteroatoms. The number of hydrogen-bond acceptors (Lipinski definition) is 3. The third-order valence-corrected chi connectivity index (χ3v) is 3.87. The topological polar surface area (TPSA) is 70.6 Å². The molecule has 0 amide bonds. The normalized spacial score (nSPS) is 12.2. The van der Waals surface area contributed by atoms with Crippen molar-refractivity contribution in [3.63, 3.8) is 0 Å². The van der Waals surface area contributed by atoms with Gasteiger partial charge in [-0.15, -0.1) is 0 Å². The minimum Gasteiger partial charge on any atom is -0.357 e. The van der Waals surface area contributed by atoms with Crippen molar-refractivity contribution < 1.29 is 8.42 Å². The van der Waals surface area contributed by atoms with Crippen LogP contribution < -0.4 is 10.6 Å². The highest BCUT2D eigenvalue weighted by Crippen LogP contribution is 2.09. The van der Waals surface area contributed by atoms with Gasteiger partial charge in [0.15, 0.2) is 5.96 Å². The third kappa shape index (κ3) is 8.57. The van der Waals surface area contributed by atoms with Crippen LogP contribution in [0.1, 0.15) is 12.5 Å². The lowest BCUT2D eigenvalue weighted by molar-refractivity contribution is 0.601. The van der Waals surface area contributed by atoms with Crippen LogP contribution in [0.2, 0.25) is 5.02 Å². The second-order valence-corrected chi connectivity index (χ2v) is 7.39. The van der Waals surface area contributed by atoms with E-state index in [9.17, 15) is 8.42 Å². The minimum atomic E-state index is -2.98. The van der Waals surface area contributed by atoms with E-state index >= 15 is 0 Å². The number of sulfone groups is 1. The van der Waals surface area contributed by atoms with Crippen LogP contribution in [0.3, 0.4) is 0 Å². The van der Waals surface area contributed by atoms with Crippen LogP contribution in [0.5, 0.6) is 0 Å². The quantitative estimate of drug-likeness (QED) is 0.586. The Kier molecular flexibility index (Phi) is 7.53. The van der Waals surface area contributed by atoms with Gasteiger partial charge in [-0.1, -0.05) is 23.7 Å². The average Bonchev–Trinajstić information content (AvgIpc) is 2.39. The van der Waals surface area contributed by atoms with Gasteiger partial charge in [0, 0.05) is 24.4 Å². The second-order valence-electron chi connectivity index (χ2n) is 4.69. The van der Waals surface area contributed by atoms with Crippen molar-refractivity contribution in [2.75, 3.05) is 31.6 Å². The molecule has 0 radical (unpaired) electrons. The molecule has 0 aliphatic heterocycles. The summed E-state index contributed by atoms with van der Waals surface area (Å²) in [7, 11) is -2.98. The Bertz CT molecular complexity index is 556. The zero-order chi connectivity index (χ0) is 15.7. The van der Waals surface area contributed by atoms with Crippen LogP contribution >= 0.6 is 11.6 Å².